The van der Waals surface area contributed by atoms with Gasteiger partial charge in [0.25, 0.3) is 0 Å². The minimum Gasteiger partial charge on any atom is -0.463 e. The van der Waals surface area contributed by atoms with Gasteiger partial charge in [-0.3, -0.25) is 0 Å². The van der Waals surface area contributed by atoms with Crippen molar-refractivity contribution in [1.82, 2.24) is 10.3 Å². The Bertz CT molecular complexity index is 593. The Morgan fingerprint density at radius 2 is 2.00 bits per heavy atom. The molecule has 4 nitrogen and oxygen atoms in total. The minimum absolute atomic E-state index is 0.0834. The molecule has 0 spiro atoms. The van der Waals surface area contributed by atoms with Gasteiger partial charge in [0.2, 0.25) is 0 Å². The van der Waals surface area contributed by atoms with E-state index in [4.69, 9.17) is 4.42 Å². The van der Waals surface area contributed by atoms with Crippen molar-refractivity contribution in [2.45, 2.75) is 52.2 Å². The molecule has 0 radical (unpaired) electrons. The van der Waals surface area contributed by atoms with Crippen LogP contribution in [0.1, 0.15) is 49.1 Å². The molecule has 5 heteroatoms. The summed E-state index contributed by atoms with van der Waals surface area (Å²) in [6.07, 6.45) is 1.91. The Balaban J connectivity index is 1.91. The number of rotatable bonds is 5. The zero-order chi connectivity index (χ0) is 15.7. The highest BCUT2D eigenvalue weighted by atomic mass is 32.1. The van der Waals surface area contributed by atoms with E-state index in [2.05, 4.69) is 31.1 Å². The van der Waals surface area contributed by atoms with Gasteiger partial charge in [-0.1, -0.05) is 20.8 Å². The van der Waals surface area contributed by atoms with Crippen LogP contribution in [0.2, 0.25) is 0 Å². The molecule has 21 heavy (non-hydrogen) atoms. The molecule has 0 aliphatic heterocycles. The third-order valence-corrected chi connectivity index (χ3v) is 4.66. The first-order valence-corrected chi connectivity index (χ1v) is 7.95. The van der Waals surface area contributed by atoms with Gasteiger partial charge in [0.1, 0.15) is 17.1 Å². The van der Waals surface area contributed by atoms with Crippen molar-refractivity contribution in [3.63, 3.8) is 0 Å². The summed E-state index contributed by atoms with van der Waals surface area (Å²) >= 11 is 1.71. The number of aliphatic hydroxyl groups is 1. The van der Waals surface area contributed by atoms with Crippen LogP contribution in [0.4, 0.5) is 0 Å². The molecule has 0 aliphatic carbocycles. The highest BCUT2D eigenvalue weighted by Crippen LogP contribution is 2.27. The van der Waals surface area contributed by atoms with Crippen LogP contribution < -0.4 is 5.32 Å². The van der Waals surface area contributed by atoms with E-state index < -0.39 is 5.60 Å². The van der Waals surface area contributed by atoms with Crippen LogP contribution in [0.3, 0.4) is 0 Å². The van der Waals surface area contributed by atoms with Crippen LogP contribution in [0.5, 0.6) is 0 Å². The number of aromatic nitrogens is 1. The molecule has 1 atom stereocenters. The number of hydrogen-bond donors (Lipinski definition) is 2. The zero-order valence-electron chi connectivity index (χ0n) is 13.4. The van der Waals surface area contributed by atoms with Crippen LogP contribution in [-0.4, -0.2) is 16.6 Å². The van der Waals surface area contributed by atoms with Gasteiger partial charge in [-0.15, -0.1) is 11.3 Å². The Morgan fingerprint density at radius 3 is 2.52 bits per heavy atom. The summed E-state index contributed by atoms with van der Waals surface area (Å²) in [5.74, 6) is 1.40. The van der Waals surface area contributed by atoms with E-state index in [0.717, 1.165) is 10.8 Å². The lowest BCUT2D eigenvalue weighted by Gasteiger charge is -2.21. The predicted octanol–water partition coefficient (Wildman–Crippen LogP) is 3.34. The maximum atomic E-state index is 10.4. The van der Waals surface area contributed by atoms with Crippen LogP contribution in [0, 0.1) is 6.92 Å². The van der Waals surface area contributed by atoms with E-state index in [1.807, 2.05) is 25.3 Å². The molecule has 116 valence electrons. The lowest BCUT2D eigenvalue weighted by atomic mass is 9.98. The third-order valence-electron chi connectivity index (χ3n) is 3.23. The first-order chi connectivity index (χ1) is 9.68. The summed E-state index contributed by atoms with van der Waals surface area (Å²) < 4.78 is 5.50. The van der Waals surface area contributed by atoms with Crippen LogP contribution in [0.15, 0.2) is 22.7 Å². The fraction of sp³-hybridized carbons (Fsp3) is 0.562. The molecule has 0 aromatic carbocycles. The van der Waals surface area contributed by atoms with E-state index in [0.29, 0.717) is 18.8 Å². The molecule has 0 aliphatic rings. The Labute approximate surface area is 130 Å². The van der Waals surface area contributed by atoms with Gasteiger partial charge >= 0.3 is 0 Å². The second-order valence-electron chi connectivity index (χ2n) is 6.67. The number of nitrogens with one attached hydrogen (secondary N) is 1. The second-order valence-corrected chi connectivity index (χ2v) is 7.78. The number of hydrogen-bond acceptors (Lipinski definition) is 5. The van der Waals surface area contributed by atoms with Crippen LogP contribution in [0.25, 0.3) is 0 Å². The maximum absolute atomic E-state index is 10.4. The smallest absolute Gasteiger partial charge is 0.136 e. The van der Waals surface area contributed by atoms with Crippen molar-refractivity contribution in [3.05, 3.63) is 39.7 Å². The summed E-state index contributed by atoms with van der Waals surface area (Å²) in [4.78, 5) is 5.63. The lowest BCUT2D eigenvalue weighted by molar-refractivity contribution is 0.0333. The topological polar surface area (TPSA) is 58.3 Å². The van der Waals surface area contributed by atoms with E-state index >= 15 is 0 Å². The molecular formula is C16H24N2O2S. The average Bonchev–Trinajstić information content (AvgIpc) is 2.97. The van der Waals surface area contributed by atoms with Crippen molar-refractivity contribution in [2.24, 2.45) is 0 Å². The van der Waals surface area contributed by atoms with E-state index in [-0.39, 0.29) is 5.41 Å². The summed E-state index contributed by atoms with van der Waals surface area (Å²) in [6.45, 7) is 11.2. The summed E-state index contributed by atoms with van der Waals surface area (Å²) in [5.41, 5.74) is -0.925. The number of thiazole rings is 1. The van der Waals surface area contributed by atoms with E-state index in [1.54, 1.807) is 18.3 Å². The molecule has 2 aromatic rings. The SMILES string of the molecule is Cc1ccc(C(C)(O)CNCc2cnc(C(C)(C)C)s2)o1. The molecule has 1 unspecified atom stereocenters. The summed E-state index contributed by atoms with van der Waals surface area (Å²) in [5, 5.41) is 14.9. The Morgan fingerprint density at radius 1 is 1.29 bits per heavy atom. The van der Waals surface area contributed by atoms with Crippen molar-refractivity contribution in [3.8, 4) is 0 Å². The highest BCUT2D eigenvalue weighted by Gasteiger charge is 2.26. The largest absolute Gasteiger partial charge is 0.463 e. The standard InChI is InChI=1S/C16H24N2O2S/c1-11-6-7-13(20-11)16(5,19)10-17-8-12-9-18-14(21-12)15(2,3)4/h6-7,9,17,19H,8,10H2,1-5H3. The molecule has 0 bridgehead atoms. The molecule has 2 heterocycles. The maximum Gasteiger partial charge on any atom is 0.136 e. The van der Waals surface area contributed by atoms with Gasteiger partial charge in [0.15, 0.2) is 0 Å². The van der Waals surface area contributed by atoms with Crippen molar-refractivity contribution < 1.29 is 9.52 Å². The highest BCUT2D eigenvalue weighted by molar-refractivity contribution is 7.11. The Hall–Kier alpha value is -1.17. The monoisotopic (exact) mass is 308 g/mol. The van der Waals surface area contributed by atoms with Gasteiger partial charge in [0, 0.05) is 29.6 Å². The van der Waals surface area contributed by atoms with Crippen molar-refractivity contribution in [1.29, 1.82) is 0 Å². The van der Waals surface area contributed by atoms with Crippen LogP contribution in [-0.2, 0) is 17.6 Å². The van der Waals surface area contributed by atoms with Crippen LogP contribution >= 0.6 is 11.3 Å². The fourth-order valence-corrected chi connectivity index (χ4v) is 2.92. The molecular weight excluding hydrogens is 284 g/mol. The molecule has 2 rings (SSSR count). The fourth-order valence-electron chi connectivity index (χ4n) is 1.98. The van der Waals surface area contributed by atoms with E-state index in [9.17, 15) is 5.11 Å². The predicted molar refractivity (Wildman–Crippen MR) is 85.5 cm³/mol. The minimum atomic E-state index is -1.01. The Kier molecular flexibility index (Phi) is 4.56. The molecule has 0 saturated heterocycles. The molecule has 0 amide bonds. The van der Waals surface area contributed by atoms with Gasteiger partial charge in [0.05, 0.1) is 5.01 Å². The summed E-state index contributed by atoms with van der Waals surface area (Å²) in [6, 6.07) is 3.68. The first kappa shape index (κ1) is 16.2. The molecule has 2 aromatic heterocycles. The first-order valence-electron chi connectivity index (χ1n) is 7.14. The van der Waals surface area contributed by atoms with Gasteiger partial charge < -0.3 is 14.8 Å². The normalized spacial score (nSPS) is 15.1. The molecule has 2 N–H and O–H groups in total. The van der Waals surface area contributed by atoms with Crippen molar-refractivity contribution in [2.75, 3.05) is 6.54 Å². The number of nitrogens with zero attached hydrogens (tertiary/aromatic N) is 1. The van der Waals surface area contributed by atoms with E-state index in [1.165, 1.54) is 4.88 Å². The zero-order valence-corrected chi connectivity index (χ0v) is 14.2. The molecule has 0 saturated carbocycles. The lowest BCUT2D eigenvalue weighted by Crippen LogP contribution is -2.34. The number of furan rings is 1. The van der Waals surface area contributed by atoms with Gasteiger partial charge in [-0.05, 0) is 26.0 Å². The summed E-state index contributed by atoms with van der Waals surface area (Å²) in [7, 11) is 0. The second kappa shape index (κ2) is 5.91. The number of aryl methyl sites for hydroxylation is 1. The third kappa shape index (κ3) is 4.15. The van der Waals surface area contributed by atoms with Gasteiger partial charge in [-0.25, -0.2) is 4.98 Å². The average molecular weight is 308 g/mol. The molecule has 0 fully saturated rings. The van der Waals surface area contributed by atoms with Gasteiger partial charge in [-0.2, -0.15) is 0 Å². The van der Waals surface area contributed by atoms with Crippen molar-refractivity contribution >= 4 is 11.3 Å². The quantitative estimate of drug-likeness (QED) is 0.889.